The number of ketones is 3. The van der Waals surface area contributed by atoms with Crippen molar-refractivity contribution in [2.75, 3.05) is 96.6 Å². The van der Waals surface area contributed by atoms with Crippen molar-refractivity contribution in [1.29, 1.82) is 0 Å². The zero-order valence-corrected chi connectivity index (χ0v) is 58.0. The molecule has 3 saturated heterocycles. The number of aliphatic carboxylic acids is 5. The third-order valence-corrected chi connectivity index (χ3v) is 20.5. The standard InChI is InChI=1S/C66H91ClN10O20S2/c1-38(2)22-42-25-45(78)31-69-62(92)43(23-40-8-11-54(80)48(67)24-40)28-56(82)53-29-46(79)32-77(53)65(95)51(37-99-98-36-39(3)70-64(42)94)72-63(93)41(9-13-58(84)85)27-55(81)50(26-44-30-68-49-7-5-4-6-47(44)49)71-57(83)12-10-52(66(96)97)76-20-18-74(34-60(88)89)16-14-73(33-59(86)87)15-17-75(19-21-76)35-61(90)91/h4-8,11,24,30,38-39,41-43,46,50-53,68,79-80H,9-10,12-23,25-29,31-37H2,1-3H3,(H,69,92)(H,70,94)(H,71,83)(H,72,93)(H,84,85)(H,86,87)(H,88,89)(H,90,91)(H,96,97)/t39-,41+,42-,43-,46-,50+,51+,52?,53+/m1/s1. The molecule has 5 amide bonds. The number of aromatic hydroxyl groups is 1. The monoisotopic (exact) mass is 1440 g/mol. The summed E-state index contributed by atoms with van der Waals surface area (Å²) in [6.07, 6.45) is -3.37. The van der Waals surface area contributed by atoms with E-state index in [1.807, 2.05) is 13.8 Å². The first-order valence-electron chi connectivity index (χ1n) is 32.9. The minimum Gasteiger partial charge on any atom is -0.506 e. The molecule has 1 aromatic heterocycles. The van der Waals surface area contributed by atoms with Crippen LogP contribution >= 0.6 is 33.2 Å². The van der Waals surface area contributed by atoms with Gasteiger partial charge in [0.2, 0.25) is 29.5 Å². The van der Waals surface area contributed by atoms with Crippen LogP contribution in [0.4, 0.5) is 0 Å². The van der Waals surface area contributed by atoms with Gasteiger partial charge in [-0.1, -0.05) is 71.3 Å². The molecule has 3 aromatic rings. The van der Waals surface area contributed by atoms with E-state index in [2.05, 4.69) is 26.3 Å². The van der Waals surface area contributed by atoms with Gasteiger partial charge in [-0.05, 0) is 67.9 Å². The van der Waals surface area contributed by atoms with Crippen molar-refractivity contribution in [1.82, 2.24) is 50.8 Å². The molecule has 9 atom stereocenters. The van der Waals surface area contributed by atoms with E-state index in [9.17, 15) is 88.5 Å². The number of halogens is 1. The first-order chi connectivity index (χ1) is 46.9. The first-order valence-corrected chi connectivity index (χ1v) is 35.8. The van der Waals surface area contributed by atoms with Crippen molar-refractivity contribution in [3.05, 3.63) is 64.8 Å². The minimum atomic E-state index is -1.52. The van der Waals surface area contributed by atoms with Gasteiger partial charge in [0.1, 0.15) is 17.8 Å². The minimum absolute atomic E-state index is 0.00413. The molecule has 6 rings (SSSR count). The van der Waals surface area contributed by atoms with Gasteiger partial charge < -0.3 is 66.9 Å². The van der Waals surface area contributed by atoms with Crippen LogP contribution in [0.15, 0.2) is 48.7 Å². The highest BCUT2D eigenvalue weighted by Crippen LogP contribution is 2.31. The van der Waals surface area contributed by atoms with E-state index >= 15 is 9.59 Å². The van der Waals surface area contributed by atoms with Crippen LogP contribution in [0.3, 0.4) is 0 Å². The van der Waals surface area contributed by atoms with Gasteiger partial charge >= 0.3 is 29.8 Å². The lowest BCUT2D eigenvalue weighted by molar-refractivity contribution is -0.145. The number of fused-ring (bicyclic) bond motifs is 2. The highest BCUT2D eigenvalue weighted by Gasteiger charge is 2.44. The number of hydrogen-bond acceptors (Lipinski definition) is 21. The number of aliphatic hydroxyl groups excluding tert-OH is 1. The van der Waals surface area contributed by atoms with Gasteiger partial charge in [-0.15, -0.1) is 0 Å². The van der Waals surface area contributed by atoms with Crippen LogP contribution in [0.1, 0.15) is 89.7 Å². The lowest BCUT2D eigenvalue weighted by Gasteiger charge is -2.35. The number of carbonyl (C=O) groups excluding carboxylic acids is 8. The average molecular weight is 1440 g/mol. The van der Waals surface area contributed by atoms with E-state index in [1.165, 1.54) is 43.7 Å². The number of carboxylic acid groups (broad SMARTS) is 5. The highest BCUT2D eigenvalue weighted by atomic mass is 35.5. The first kappa shape index (κ1) is 80.3. The second-order valence-electron chi connectivity index (χ2n) is 26.0. The van der Waals surface area contributed by atoms with Gasteiger partial charge in [-0.3, -0.25) is 81.9 Å². The Labute approximate surface area is 585 Å². The number of aromatic nitrogens is 1. The van der Waals surface area contributed by atoms with Crippen LogP contribution in [-0.4, -0.2) is 275 Å². The van der Waals surface area contributed by atoms with Crippen molar-refractivity contribution < 1.29 is 98.1 Å². The molecule has 4 heterocycles. The molecule has 30 nitrogen and oxygen atoms in total. The summed E-state index contributed by atoms with van der Waals surface area (Å²) in [6.45, 7) is 3.34. The summed E-state index contributed by atoms with van der Waals surface area (Å²) in [6, 6.07) is 4.98. The Kier molecular flexibility index (Phi) is 31.9. The zero-order valence-electron chi connectivity index (χ0n) is 55.6. The number of hydrogen-bond donors (Lipinski definition) is 12. The second-order valence-corrected chi connectivity index (χ2v) is 29.0. The van der Waals surface area contributed by atoms with Gasteiger partial charge in [-0.2, -0.15) is 0 Å². The number of rotatable bonds is 26. The molecule has 1 unspecified atom stereocenters. The van der Waals surface area contributed by atoms with Crippen molar-refractivity contribution in [3.63, 3.8) is 0 Å². The predicted molar refractivity (Wildman–Crippen MR) is 364 cm³/mol. The van der Waals surface area contributed by atoms with Crippen LogP contribution in [0.5, 0.6) is 5.75 Å². The van der Waals surface area contributed by atoms with E-state index in [4.69, 9.17) is 11.6 Å². The Morgan fingerprint density at radius 1 is 0.737 bits per heavy atom. The fourth-order valence-corrected chi connectivity index (χ4v) is 15.1. The van der Waals surface area contributed by atoms with Gasteiger partial charge in [0, 0.05) is 156 Å². The average Bonchev–Trinajstić information content (AvgIpc) is 1.65. The topological polar surface area (TPSA) is 444 Å². The smallest absolute Gasteiger partial charge is 0.320 e. The molecule has 3 aliphatic rings. The Balaban J connectivity index is 1.28. The van der Waals surface area contributed by atoms with Crippen LogP contribution in [0, 0.1) is 23.7 Å². The Morgan fingerprint density at radius 3 is 1.95 bits per heavy atom. The van der Waals surface area contributed by atoms with Crippen LogP contribution in [0.25, 0.3) is 10.9 Å². The molecule has 3 aliphatic heterocycles. The summed E-state index contributed by atoms with van der Waals surface area (Å²) in [4.78, 5) is 187. The lowest BCUT2D eigenvalue weighted by atomic mass is 9.90. The quantitative estimate of drug-likeness (QED) is 0.0508. The molecule has 0 radical (unpaired) electrons. The molecule has 33 heteroatoms. The molecule has 2 aromatic carbocycles. The number of carbonyl (C=O) groups is 13. The maximum atomic E-state index is 15.1. The fourth-order valence-electron chi connectivity index (χ4n) is 12.5. The second kappa shape index (κ2) is 39.3. The number of carboxylic acids is 5. The number of H-pyrrole nitrogens is 1. The van der Waals surface area contributed by atoms with Crippen molar-refractivity contribution in [2.24, 2.45) is 23.7 Å². The van der Waals surface area contributed by atoms with Gasteiger partial charge in [0.05, 0.1) is 49.4 Å². The third-order valence-electron chi connectivity index (χ3n) is 17.6. The van der Waals surface area contributed by atoms with E-state index in [0.717, 1.165) is 15.7 Å². The fraction of sp³-hybridized carbons (Fsp3) is 0.591. The summed E-state index contributed by atoms with van der Waals surface area (Å²) < 4.78 is 0. The molecule has 0 spiro atoms. The highest BCUT2D eigenvalue weighted by molar-refractivity contribution is 8.76. The van der Waals surface area contributed by atoms with Crippen LogP contribution < -0.4 is 21.3 Å². The summed E-state index contributed by atoms with van der Waals surface area (Å²) >= 11 is 6.24. The number of aromatic amines is 1. The van der Waals surface area contributed by atoms with E-state index in [0.29, 0.717) is 28.5 Å². The number of phenolic OH excluding ortho intramolecular Hbond substituents is 1. The number of benzene rings is 2. The van der Waals surface area contributed by atoms with E-state index in [1.54, 1.807) is 42.3 Å². The van der Waals surface area contributed by atoms with Gasteiger partial charge in [0.15, 0.2) is 17.3 Å². The Bertz CT molecular complexity index is 3350. The summed E-state index contributed by atoms with van der Waals surface area (Å²) in [5.41, 5.74) is 1.63. The SMILES string of the molecule is CC(C)C[C@@H]1CC(=O)CNC(=O)[C@H](Cc2ccc(O)c(Cl)c2)CC(=O)[C@@H]2C[C@@H](O)CN2C(=O)[C@@H](NC(=O)[C@@H](CCC(=O)O)CC(=O)[C@H](Cc2c[nH]c3ccccc23)NC(=O)CCC(C(=O)O)N2CCN(CC(=O)O)CCN(CC(=O)O)CCN(CC(=O)O)CC2)CSSC[C@@H](C)NC1=O. The number of nitrogens with one attached hydrogen (secondary N) is 5. The maximum Gasteiger partial charge on any atom is 0.320 e. The molecule has 3 fully saturated rings. The Hall–Kier alpha value is -7.72. The molecular weight excluding hydrogens is 1350 g/mol. The molecule has 0 saturated carbocycles. The van der Waals surface area contributed by atoms with Crippen LogP contribution in [0.2, 0.25) is 5.02 Å². The van der Waals surface area contributed by atoms with Gasteiger partial charge in [-0.25, -0.2) is 0 Å². The number of nitrogens with zero attached hydrogens (tertiary/aromatic N) is 5. The molecule has 0 aliphatic carbocycles. The molecule has 544 valence electrons. The van der Waals surface area contributed by atoms with Crippen molar-refractivity contribution >= 4 is 121 Å². The number of Topliss-reactive ketones (excluding diaryl/α,β-unsaturated/α-hetero) is 3. The van der Waals surface area contributed by atoms with Crippen LogP contribution in [-0.2, 0) is 75.2 Å². The maximum absolute atomic E-state index is 15.1. The summed E-state index contributed by atoms with van der Waals surface area (Å²) in [5.74, 6) is -15.6. The lowest BCUT2D eigenvalue weighted by Crippen LogP contribution is -2.54. The molecule has 0 bridgehead atoms. The summed E-state index contributed by atoms with van der Waals surface area (Å²) in [7, 11) is 2.32. The van der Waals surface area contributed by atoms with Crippen molar-refractivity contribution in [2.45, 2.75) is 128 Å². The number of para-hydroxylation sites is 1. The third kappa shape index (κ3) is 26.4. The molecule has 12 N–H and O–H groups in total. The van der Waals surface area contributed by atoms with E-state index in [-0.39, 0.29) is 113 Å². The summed E-state index contributed by atoms with van der Waals surface area (Å²) in [5, 5.41) is 82.8. The molecular formula is C66H91ClN10O20S2. The zero-order chi connectivity index (χ0) is 72.6. The Morgan fingerprint density at radius 2 is 1.35 bits per heavy atom. The predicted octanol–water partition coefficient (Wildman–Crippen LogP) is 1.61. The number of aliphatic hydroxyl groups is 1. The van der Waals surface area contributed by atoms with E-state index < -0.39 is 196 Å². The normalized spacial score (nSPS) is 22.6. The largest absolute Gasteiger partial charge is 0.506 e. The van der Waals surface area contributed by atoms with Gasteiger partial charge in [0.25, 0.3) is 0 Å². The number of amides is 5. The number of phenols is 1. The molecule has 99 heavy (non-hydrogen) atoms. The van der Waals surface area contributed by atoms with Crippen molar-refractivity contribution in [3.8, 4) is 5.75 Å².